The van der Waals surface area contributed by atoms with E-state index >= 15 is 0 Å². The van der Waals surface area contributed by atoms with Gasteiger partial charge in [0.05, 0.1) is 11.6 Å². The van der Waals surface area contributed by atoms with Crippen LogP contribution in [0.5, 0.6) is 11.6 Å². The molecule has 0 spiro atoms. The first-order valence-electron chi connectivity index (χ1n) is 6.25. The summed E-state index contributed by atoms with van der Waals surface area (Å²) in [6.07, 6.45) is 0.819. The second-order valence-electron chi connectivity index (χ2n) is 4.27. The highest BCUT2D eigenvalue weighted by molar-refractivity contribution is 6.33. The van der Waals surface area contributed by atoms with E-state index in [1.54, 1.807) is 19.2 Å². The Morgan fingerprint density at radius 2 is 1.95 bits per heavy atom. The molecule has 5 nitrogen and oxygen atoms in total. The lowest BCUT2D eigenvalue weighted by Crippen LogP contribution is -2.02. The SMILES string of the molecule is COCCc1ccc(Oc2ccc(Cl)c(C(=O)O)n2)cc1. The van der Waals surface area contributed by atoms with Crippen LogP contribution in [0.3, 0.4) is 0 Å². The lowest BCUT2D eigenvalue weighted by atomic mass is 10.1. The predicted octanol–water partition coefficient (Wildman–Crippen LogP) is 3.41. The molecule has 0 saturated heterocycles. The Bertz CT molecular complexity index is 628. The fraction of sp³-hybridized carbons (Fsp3) is 0.200. The van der Waals surface area contributed by atoms with Crippen LogP contribution in [0.15, 0.2) is 36.4 Å². The van der Waals surface area contributed by atoms with Gasteiger partial charge in [-0.15, -0.1) is 0 Å². The van der Waals surface area contributed by atoms with Gasteiger partial charge in [-0.25, -0.2) is 9.78 Å². The van der Waals surface area contributed by atoms with Crippen LogP contribution in [-0.4, -0.2) is 29.8 Å². The van der Waals surface area contributed by atoms with Gasteiger partial charge in [0.2, 0.25) is 5.88 Å². The molecule has 0 aliphatic rings. The summed E-state index contributed by atoms with van der Waals surface area (Å²) in [6, 6.07) is 10.4. The minimum atomic E-state index is -1.19. The van der Waals surface area contributed by atoms with Crippen molar-refractivity contribution in [2.24, 2.45) is 0 Å². The summed E-state index contributed by atoms with van der Waals surface area (Å²) in [7, 11) is 1.66. The van der Waals surface area contributed by atoms with E-state index in [0.29, 0.717) is 12.4 Å². The zero-order chi connectivity index (χ0) is 15.2. The molecule has 1 heterocycles. The number of ether oxygens (including phenoxy) is 2. The number of benzene rings is 1. The molecule has 1 aromatic heterocycles. The van der Waals surface area contributed by atoms with Crippen LogP contribution in [0.25, 0.3) is 0 Å². The van der Waals surface area contributed by atoms with E-state index in [4.69, 9.17) is 26.2 Å². The maximum absolute atomic E-state index is 11.0. The highest BCUT2D eigenvalue weighted by Gasteiger charge is 2.12. The number of aromatic carboxylic acids is 1. The molecule has 0 bridgehead atoms. The maximum Gasteiger partial charge on any atom is 0.356 e. The highest BCUT2D eigenvalue weighted by atomic mass is 35.5. The fourth-order valence-corrected chi connectivity index (χ4v) is 1.88. The predicted molar refractivity (Wildman–Crippen MR) is 78.3 cm³/mol. The molecule has 0 aliphatic carbocycles. The van der Waals surface area contributed by atoms with E-state index in [1.807, 2.05) is 12.1 Å². The Labute approximate surface area is 127 Å². The molecule has 0 fully saturated rings. The summed E-state index contributed by atoms with van der Waals surface area (Å²) in [5, 5.41) is 9.03. The number of carboxylic acid groups (broad SMARTS) is 1. The summed E-state index contributed by atoms with van der Waals surface area (Å²) in [5.41, 5.74) is 0.894. The minimum absolute atomic E-state index is 0.0739. The zero-order valence-electron chi connectivity index (χ0n) is 11.4. The normalized spacial score (nSPS) is 10.4. The molecule has 6 heteroatoms. The molecule has 1 N–H and O–H groups in total. The molecular weight excluding hydrogens is 294 g/mol. The minimum Gasteiger partial charge on any atom is -0.476 e. The van der Waals surface area contributed by atoms with E-state index in [-0.39, 0.29) is 16.6 Å². The first-order valence-corrected chi connectivity index (χ1v) is 6.63. The van der Waals surface area contributed by atoms with Crippen molar-refractivity contribution in [3.63, 3.8) is 0 Å². The molecule has 0 aliphatic heterocycles. The van der Waals surface area contributed by atoms with Crippen molar-refractivity contribution < 1.29 is 19.4 Å². The van der Waals surface area contributed by atoms with E-state index < -0.39 is 5.97 Å². The van der Waals surface area contributed by atoms with Crippen LogP contribution < -0.4 is 4.74 Å². The Morgan fingerprint density at radius 3 is 2.57 bits per heavy atom. The summed E-state index contributed by atoms with van der Waals surface area (Å²) >= 11 is 5.75. The summed E-state index contributed by atoms with van der Waals surface area (Å²) < 4.78 is 10.5. The van der Waals surface area contributed by atoms with E-state index in [2.05, 4.69) is 4.98 Å². The standard InChI is InChI=1S/C15H14ClNO4/c1-20-9-8-10-2-4-11(5-3-10)21-13-7-6-12(16)14(17-13)15(18)19/h2-7H,8-9H2,1H3,(H,18,19). The third kappa shape index (κ3) is 4.18. The first kappa shape index (κ1) is 15.3. The van der Waals surface area contributed by atoms with Crippen molar-refractivity contribution in [1.82, 2.24) is 4.98 Å². The van der Waals surface area contributed by atoms with Crippen LogP contribution in [-0.2, 0) is 11.2 Å². The van der Waals surface area contributed by atoms with Gasteiger partial charge in [0, 0.05) is 13.2 Å². The van der Waals surface area contributed by atoms with Crippen molar-refractivity contribution in [2.75, 3.05) is 13.7 Å². The number of hydrogen-bond donors (Lipinski definition) is 1. The molecule has 21 heavy (non-hydrogen) atoms. The van der Waals surface area contributed by atoms with Crippen molar-refractivity contribution in [2.45, 2.75) is 6.42 Å². The van der Waals surface area contributed by atoms with Crippen molar-refractivity contribution in [1.29, 1.82) is 0 Å². The number of carbonyl (C=O) groups is 1. The second kappa shape index (κ2) is 7.06. The zero-order valence-corrected chi connectivity index (χ0v) is 12.1. The van der Waals surface area contributed by atoms with Gasteiger partial charge >= 0.3 is 5.97 Å². The molecule has 110 valence electrons. The topological polar surface area (TPSA) is 68.7 Å². The molecule has 0 unspecified atom stereocenters. The fourth-order valence-electron chi connectivity index (χ4n) is 1.70. The van der Waals surface area contributed by atoms with E-state index in [1.165, 1.54) is 12.1 Å². The number of hydrogen-bond acceptors (Lipinski definition) is 4. The van der Waals surface area contributed by atoms with E-state index in [0.717, 1.165) is 12.0 Å². The number of aromatic nitrogens is 1. The van der Waals surface area contributed by atoms with Crippen molar-refractivity contribution in [3.05, 3.63) is 52.7 Å². The lowest BCUT2D eigenvalue weighted by molar-refractivity contribution is 0.0690. The third-order valence-electron chi connectivity index (χ3n) is 2.76. The third-order valence-corrected chi connectivity index (χ3v) is 3.07. The number of methoxy groups -OCH3 is 1. The van der Waals surface area contributed by atoms with Crippen molar-refractivity contribution >= 4 is 17.6 Å². The average molecular weight is 308 g/mol. The van der Waals surface area contributed by atoms with Crippen LogP contribution in [0.4, 0.5) is 0 Å². The van der Waals surface area contributed by atoms with Gasteiger partial charge in [-0.1, -0.05) is 23.7 Å². The summed E-state index contributed by atoms with van der Waals surface area (Å²) in [5.74, 6) is -0.441. The average Bonchev–Trinajstić information content (AvgIpc) is 2.48. The Morgan fingerprint density at radius 1 is 1.24 bits per heavy atom. The quantitative estimate of drug-likeness (QED) is 0.885. The molecule has 0 amide bonds. The van der Waals surface area contributed by atoms with Crippen molar-refractivity contribution in [3.8, 4) is 11.6 Å². The van der Waals surface area contributed by atoms with Crippen LogP contribution in [0, 0.1) is 0 Å². The summed E-state index contributed by atoms with van der Waals surface area (Å²) in [6.45, 7) is 0.654. The molecule has 2 rings (SSSR count). The maximum atomic E-state index is 11.0. The number of carboxylic acids is 1. The van der Waals surface area contributed by atoms with Gasteiger partial charge in [-0.3, -0.25) is 0 Å². The molecule has 0 saturated carbocycles. The largest absolute Gasteiger partial charge is 0.476 e. The van der Waals surface area contributed by atoms with Crippen LogP contribution in [0.2, 0.25) is 5.02 Å². The van der Waals surface area contributed by atoms with Gasteiger partial charge in [0.25, 0.3) is 0 Å². The molecule has 0 atom stereocenters. The van der Waals surface area contributed by atoms with Gasteiger partial charge < -0.3 is 14.6 Å². The molecule has 1 aromatic carbocycles. The van der Waals surface area contributed by atoms with Gasteiger partial charge in [-0.2, -0.15) is 0 Å². The molecular formula is C15H14ClNO4. The monoisotopic (exact) mass is 307 g/mol. The lowest BCUT2D eigenvalue weighted by Gasteiger charge is -2.07. The number of pyridine rings is 1. The van der Waals surface area contributed by atoms with Gasteiger partial charge in [0.1, 0.15) is 5.75 Å². The Balaban J connectivity index is 2.11. The van der Waals surface area contributed by atoms with Crippen LogP contribution >= 0.6 is 11.6 Å². The smallest absolute Gasteiger partial charge is 0.356 e. The molecule has 0 radical (unpaired) electrons. The summed E-state index contributed by atoms with van der Waals surface area (Å²) in [4.78, 5) is 14.8. The Kier molecular flexibility index (Phi) is 5.14. The first-order chi connectivity index (χ1) is 10.1. The number of nitrogens with zero attached hydrogens (tertiary/aromatic N) is 1. The Hall–Kier alpha value is -2.11. The highest BCUT2D eigenvalue weighted by Crippen LogP contribution is 2.23. The van der Waals surface area contributed by atoms with Gasteiger partial charge in [-0.05, 0) is 30.2 Å². The van der Waals surface area contributed by atoms with E-state index in [9.17, 15) is 4.79 Å². The second-order valence-corrected chi connectivity index (χ2v) is 4.68. The van der Waals surface area contributed by atoms with Crippen LogP contribution in [0.1, 0.15) is 16.1 Å². The number of rotatable bonds is 6. The van der Waals surface area contributed by atoms with Gasteiger partial charge in [0.15, 0.2) is 5.69 Å². The molecule has 2 aromatic rings. The number of halogens is 1.